The maximum atomic E-state index is 14.2. The summed E-state index contributed by atoms with van der Waals surface area (Å²) in [6, 6.07) is 14.7. The number of carbonyl (C=O) groups excluding carboxylic acids is 1. The third kappa shape index (κ3) is 9.69. The van der Waals surface area contributed by atoms with Crippen molar-refractivity contribution in [1.29, 1.82) is 0 Å². The molecule has 0 saturated carbocycles. The van der Waals surface area contributed by atoms with Gasteiger partial charge in [-0.15, -0.1) is 0 Å². The van der Waals surface area contributed by atoms with Gasteiger partial charge in [-0.05, 0) is 69.2 Å². The van der Waals surface area contributed by atoms with Gasteiger partial charge >= 0.3 is 0 Å². The number of hydrogen-bond acceptors (Lipinski definition) is 5. The van der Waals surface area contributed by atoms with Gasteiger partial charge < -0.3 is 25.6 Å². The number of nitrogens with two attached hydrogens (primary N) is 1. The molecule has 2 rings (SSSR count). The molecule has 34 heavy (non-hydrogen) atoms. The minimum absolute atomic E-state index is 0.183. The van der Waals surface area contributed by atoms with E-state index in [0.717, 1.165) is 11.1 Å². The number of rotatable bonds is 14. The van der Waals surface area contributed by atoms with Crippen LogP contribution < -0.4 is 20.5 Å². The van der Waals surface area contributed by atoms with E-state index in [9.17, 15) is 14.3 Å². The third-order valence-electron chi connectivity index (χ3n) is 5.92. The minimum atomic E-state index is -1.40. The highest BCUT2D eigenvalue weighted by Crippen LogP contribution is 2.25. The molecule has 0 aromatic heterocycles. The summed E-state index contributed by atoms with van der Waals surface area (Å²) in [7, 11) is 3.18. The lowest BCUT2D eigenvalue weighted by Gasteiger charge is -2.25. The molecule has 0 heterocycles. The second-order valence-corrected chi connectivity index (χ2v) is 9.37. The number of aliphatic hydroxyl groups is 1. The summed E-state index contributed by atoms with van der Waals surface area (Å²) in [6.07, 6.45) is 0.944. The van der Waals surface area contributed by atoms with Crippen LogP contribution in [0.15, 0.2) is 48.5 Å². The van der Waals surface area contributed by atoms with E-state index in [1.54, 1.807) is 20.3 Å². The van der Waals surface area contributed by atoms with Crippen molar-refractivity contribution in [3.63, 3.8) is 0 Å². The highest BCUT2D eigenvalue weighted by molar-refractivity contribution is 5.78. The predicted molar refractivity (Wildman–Crippen MR) is 133 cm³/mol. The van der Waals surface area contributed by atoms with Crippen LogP contribution >= 0.6 is 0 Å². The molecular formula is C27H39FN2O4. The molecule has 2 aromatic carbocycles. The number of carbonyl (C=O) groups is 1. The van der Waals surface area contributed by atoms with Crippen molar-refractivity contribution in [2.24, 2.45) is 11.7 Å². The lowest BCUT2D eigenvalue weighted by Crippen LogP contribution is -2.41. The van der Waals surface area contributed by atoms with E-state index in [2.05, 4.69) is 5.32 Å². The van der Waals surface area contributed by atoms with Crippen LogP contribution in [0.2, 0.25) is 0 Å². The molecule has 0 aliphatic rings. The van der Waals surface area contributed by atoms with Crippen LogP contribution in [-0.4, -0.2) is 49.6 Å². The number of alkyl halides is 1. The van der Waals surface area contributed by atoms with Crippen molar-refractivity contribution in [3.05, 3.63) is 59.7 Å². The number of aliphatic hydroxyl groups excluding tert-OH is 1. The summed E-state index contributed by atoms with van der Waals surface area (Å²) in [4.78, 5) is 13.0. The van der Waals surface area contributed by atoms with Crippen LogP contribution in [0.25, 0.3) is 0 Å². The van der Waals surface area contributed by atoms with Gasteiger partial charge in [0.15, 0.2) is 0 Å². The summed E-state index contributed by atoms with van der Waals surface area (Å²) in [5.41, 5.74) is 6.82. The standard InChI is InChI=1S/C27H39FN2O4/c1-27(2,28)12-10-21(17-25(31)24(29)16-19-8-6-5-7-9-19)26(32)30-13-11-20-14-22(33-3)18-23(15-20)34-4/h5-9,14-15,18,21,24-25,31H,10-13,16-17,29H2,1-4H3,(H,30,32)/t21-,24+,25+/m1/s1. The molecule has 0 saturated heterocycles. The molecule has 2 aromatic rings. The van der Waals surface area contributed by atoms with Crippen molar-refractivity contribution < 1.29 is 23.8 Å². The van der Waals surface area contributed by atoms with Gasteiger partial charge in [0, 0.05) is 24.6 Å². The number of benzene rings is 2. The van der Waals surface area contributed by atoms with Gasteiger partial charge in [0.05, 0.1) is 20.3 Å². The number of halogens is 1. The van der Waals surface area contributed by atoms with Gasteiger partial charge in [-0.1, -0.05) is 30.3 Å². The Morgan fingerprint density at radius 2 is 1.71 bits per heavy atom. The SMILES string of the molecule is COc1cc(CCNC(=O)[C@H](CCC(C)(C)F)C[C@H](O)[C@@H](N)Cc2ccccc2)cc(OC)c1. The average Bonchev–Trinajstić information content (AvgIpc) is 2.81. The van der Waals surface area contributed by atoms with E-state index in [4.69, 9.17) is 15.2 Å². The van der Waals surface area contributed by atoms with E-state index in [0.29, 0.717) is 37.3 Å². The lowest BCUT2D eigenvalue weighted by molar-refractivity contribution is -0.126. The Morgan fingerprint density at radius 1 is 1.09 bits per heavy atom. The molecule has 6 nitrogen and oxygen atoms in total. The Balaban J connectivity index is 1.98. The second kappa shape index (κ2) is 13.3. The van der Waals surface area contributed by atoms with Crippen LogP contribution in [0.3, 0.4) is 0 Å². The van der Waals surface area contributed by atoms with Crippen molar-refractivity contribution >= 4 is 5.91 Å². The zero-order valence-corrected chi connectivity index (χ0v) is 20.7. The van der Waals surface area contributed by atoms with Gasteiger partial charge in [-0.3, -0.25) is 4.79 Å². The Morgan fingerprint density at radius 3 is 2.26 bits per heavy atom. The summed E-state index contributed by atoms with van der Waals surface area (Å²) < 4.78 is 24.8. The minimum Gasteiger partial charge on any atom is -0.497 e. The molecule has 0 spiro atoms. The fourth-order valence-corrected chi connectivity index (χ4v) is 3.85. The van der Waals surface area contributed by atoms with Crippen LogP contribution in [0.5, 0.6) is 11.5 Å². The van der Waals surface area contributed by atoms with Crippen LogP contribution in [-0.2, 0) is 17.6 Å². The van der Waals surface area contributed by atoms with E-state index in [1.807, 2.05) is 42.5 Å². The second-order valence-electron chi connectivity index (χ2n) is 9.37. The molecular weight excluding hydrogens is 435 g/mol. The topological polar surface area (TPSA) is 93.8 Å². The van der Waals surface area contributed by atoms with Gasteiger partial charge in [0.1, 0.15) is 17.2 Å². The maximum Gasteiger partial charge on any atom is 0.223 e. The van der Waals surface area contributed by atoms with E-state index >= 15 is 0 Å². The van der Waals surface area contributed by atoms with Crippen molar-refractivity contribution in [1.82, 2.24) is 5.32 Å². The first-order valence-corrected chi connectivity index (χ1v) is 11.8. The summed E-state index contributed by atoms with van der Waals surface area (Å²) in [6.45, 7) is 3.39. The predicted octanol–water partition coefficient (Wildman–Crippen LogP) is 3.83. The first-order chi connectivity index (χ1) is 16.1. The molecule has 0 aliphatic heterocycles. The lowest BCUT2D eigenvalue weighted by atomic mass is 9.88. The molecule has 0 bridgehead atoms. The first-order valence-electron chi connectivity index (χ1n) is 11.8. The first kappa shape index (κ1) is 27.6. The summed E-state index contributed by atoms with van der Waals surface area (Å²) >= 11 is 0. The molecule has 0 unspecified atom stereocenters. The highest BCUT2D eigenvalue weighted by atomic mass is 19.1. The molecule has 0 fully saturated rings. The zero-order chi connectivity index (χ0) is 25.1. The number of ether oxygens (including phenoxy) is 2. The van der Waals surface area contributed by atoms with Gasteiger partial charge in [0.25, 0.3) is 0 Å². The number of hydrogen-bond donors (Lipinski definition) is 3. The van der Waals surface area contributed by atoms with E-state index in [-0.39, 0.29) is 18.7 Å². The van der Waals surface area contributed by atoms with E-state index < -0.39 is 23.7 Å². The molecule has 188 valence electrons. The molecule has 0 radical (unpaired) electrons. The third-order valence-corrected chi connectivity index (χ3v) is 5.92. The van der Waals surface area contributed by atoms with Crippen molar-refractivity contribution in [3.8, 4) is 11.5 Å². The monoisotopic (exact) mass is 474 g/mol. The average molecular weight is 475 g/mol. The molecule has 7 heteroatoms. The van der Waals surface area contributed by atoms with Gasteiger partial charge in [-0.2, -0.15) is 0 Å². The fraction of sp³-hybridized carbons (Fsp3) is 0.519. The van der Waals surface area contributed by atoms with Gasteiger partial charge in [-0.25, -0.2) is 4.39 Å². The Bertz CT molecular complexity index is 864. The molecule has 3 atom stereocenters. The van der Waals surface area contributed by atoms with Crippen LogP contribution in [0.4, 0.5) is 4.39 Å². The molecule has 0 aliphatic carbocycles. The Kier molecular flexibility index (Phi) is 10.8. The smallest absolute Gasteiger partial charge is 0.223 e. The Hall–Kier alpha value is -2.64. The number of nitrogens with one attached hydrogen (secondary N) is 1. The normalized spacial score (nSPS) is 14.2. The Labute approximate surface area is 202 Å². The largest absolute Gasteiger partial charge is 0.497 e. The van der Waals surface area contributed by atoms with Crippen molar-refractivity contribution in [2.45, 2.75) is 63.8 Å². The van der Waals surface area contributed by atoms with Gasteiger partial charge in [0.2, 0.25) is 5.91 Å². The quantitative estimate of drug-likeness (QED) is 0.387. The summed E-state index contributed by atoms with van der Waals surface area (Å²) in [5.74, 6) is 0.621. The fourth-order valence-electron chi connectivity index (χ4n) is 3.85. The number of amides is 1. The zero-order valence-electron chi connectivity index (χ0n) is 20.7. The molecule has 1 amide bonds. The number of methoxy groups -OCH3 is 2. The van der Waals surface area contributed by atoms with E-state index in [1.165, 1.54) is 13.8 Å². The maximum absolute atomic E-state index is 14.2. The highest BCUT2D eigenvalue weighted by Gasteiger charge is 2.28. The van der Waals surface area contributed by atoms with Crippen LogP contribution in [0, 0.1) is 5.92 Å². The van der Waals surface area contributed by atoms with Crippen LogP contribution in [0.1, 0.15) is 44.2 Å². The van der Waals surface area contributed by atoms with Crippen molar-refractivity contribution in [2.75, 3.05) is 20.8 Å². The molecule has 4 N–H and O–H groups in total. The summed E-state index contributed by atoms with van der Waals surface area (Å²) in [5, 5.41) is 13.7.